The van der Waals surface area contributed by atoms with Crippen LogP contribution < -0.4 is 5.32 Å². The van der Waals surface area contributed by atoms with Crippen molar-refractivity contribution in [1.29, 1.82) is 0 Å². The van der Waals surface area contributed by atoms with Gasteiger partial charge in [0, 0.05) is 4.90 Å². The van der Waals surface area contributed by atoms with Gasteiger partial charge in [0.2, 0.25) is 0 Å². The van der Waals surface area contributed by atoms with Crippen LogP contribution in [0.1, 0.15) is 24.8 Å². The van der Waals surface area contributed by atoms with E-state index >= 15 is 0 Å². The molecule has 3 heteroatoms. The van der Waals surface area contributed by atoms with E-state index in [9.17, 15) is 4.39 Å². The first-order chi connectivity index (χ1) is 7.78. The highest BCUT2D eigenvalue weighted by Gasteiger charge is 2.33. The predicted octanol–water partition coefficient (Wildman–Crippen LogP) is 3.45. The van der Waals surface area contributed by atoms with E-state index in [0.717, 1.165) is 16.5 Å². The second-order valence-corrected chi connectivity index (χ2v) is 5.53. The number of fused-ring (bicyclic) bond motifs is 1. The van der Waals surface area contributed by atoms with E-state index in [-0.39, 0.29) is 5.82 Å². The highest BCUT2D eigenvalue weighted by molar-refractivity contribution is 8.00. The Morgan fingerprint density at radius 2 is 2.25 bits per heavy atom. The molecule has 0 bridgehead atoms. The summed E-state index contributed by atoms with van der Waals surface area (Å²) in [5.74, 6) is 2.82. The minimum absolute atomic E-state index is 0.287. The van der Waals surface area contributed by atoms with Crippen LogP contribution in [0.3, 0.4) is 0 Å². The van der Waals surface area contributed by atoms with E-state index in [0.29, 0.717) is 10.9 Å². The van der Waals surface area contributed by atoms with Crippen molar-refractivity contribution in [2.75, 3.05) is 5.32 Å². The van der Waals surface area contributed by atoms with Gasteiger partial charge in [-0.15, -0.1) is 6.42 Å². The van der Waals surface area contributed by atoms with Gasteiger partial charge in [-0.3, -0.25) is 0 Å². The van der Waals surface area contributed by atoms with Crippen molar-refractivity contribution >= 4 is 17.4 Å². The van der Waals surface area contributed by atoms with Crippen molar-refractivity contribution in [2.24, 2.45) is 5.92 Å². The molecule has 1 nitrogen and oxygen atoms in total. The molecular weight excluding hydrogens is 221 g/mol. The van der Waals surface area contributed by atoms with E-state index in [1.807, 2.05) is 0 Å². The molecule has 0 radical (unpaired) electrons. The average Bonchev–Trinajstić information content (AvgIpc) is 2.55. The lowest BCUT2D eigenvalue weighted by Crippen LogP contribution is -2.27. The number of thioether (sulfide) groups is 1. The van der Waals surface area contributed by atoms with Crippen LogP contribution in [0.15, 0.2) is 17.0 Å². The molecule has 1 atom stereocenters. The summed E-state index contributed by atoms with van der Waals surface area (Å²) in [5, 5.41) is 3.85. The van der Waals surface area contributed by atoms with Crippen molar-refractivity contribution in [3.8, 4) is 12.3 Å². The molecule has 1 heterocycles. The van der Waals surface area contributed by atoms with E-state index in [1.165, 1.54) is 19.3 Å². The van der Waals surface area contributed by atoms with Gasteiger partial charge in [-0.05, 0) is 30.9 Å². The summed E-state index contributed by atoms with van der Waals surface area (Å²) in [7, 11) is 0. The topological polar surface area (TPSA) is 12.0 Å². The minimum atomic E-state index is -0.287. The molecule has 1 aliphatic heterocycles. The summed E-state index contributed by atoms with van der Waals surface area (Å²) >= 11 is 1.73. The fourth-order valence-electron chi connectivity index (χ4n) is 2.15. The summed E-state index contributed by atoms with van der Waals surface area (Å²) in [4.78, 5) is 0.994. The standard InChI is InChI=1S/C13H12FNS/c1-2-8-6-11-12(7-10(8)14)16-13(15-11)9-4-3-5-9/h1,6-7,9,13,15H,3-5H2. The third-order valence-corrected chi connectivity index (χ3v) is 4.70. The van der Waals surface area contributed by atoms with Crippen molar-refractivity contribution in [3.63, 3.8) is 0 Å². The number of halogens is 1. The molecular formula is C13H12FNS. The lowest BCUT2D eigenvalue weighted by atomic mass is 9.85. The minimum Gasteiger partial charge on any atom is -0.372 e. The molecule has 0 saturated heterocycles. The Balaban J connectivity index is 1.89. The first kappa shape index (κ1) is 10.0. The Kier molecular flexibility index (Phi) is 2.33. The Hall–Kier alpha value is -1.14. The number of anilines is 1. The van der Waals surface area contributed by atoms with Crippen LogP contribution in [0.4, 0.5) is 10.1 Å². The maximum Gasteiger partial charge on any atom is 0.140 e. The van der Waals surface area contributed by atoms with Crippen LogP contribution in [0, 0.1) is 24.1 Å². The van der Waals surface area contributed by atoms with Crippen LogP contribution in [0.5, 0.6) is 0 Å². The second kappa shape index (κ2) is 3.71. The number of benzene rings is 1. The molecule has 1 aromatic rings. The summed E-state index contributed by atoms with van der Waals surface area (Å²) in [6.45, 7) is 0. The zero-order valence-electron chi connectivity index (χ0n) is 8.79. The molecule has 1 unspecified atom stereocenters. The zero-order valence-corrected chi connectivity index (χ0v) is 9.61. The molecule has 0 amide bonds. The molecule has 16 heavy (non-hydrogen) atoms. The number of terminal acetylenes is 1. The first-order valence-corrected chi connectivity index (χ1v) is 6.39. The fourth-order valence-corrected chi connectivity index (χ4v) is 3.49. The molecule has 1 N–H and O–H groups in total. The largest absolute Gasteiger partial charge is 0.372 e. The molecule has 0 aromatic heterocycles. The van der Waals surface area contributed by atoms with Gasteiger partial charge in [-0.2, -0.15) is 0 Å². The SMILES string of the molecule is C#Cc1cc2c(cc1F)SC(C1CCC1)N2. The Labute approximate surface area is 98.8 Å². The van der Waals surface area contributed by atoms with Crippen molar-refractivity contribution < 1.29 is 4.39 Å². The molecule has 1 saturated carbocycles. The van der Waals surface area contributed by atoms with E-state index in [1.54, 1.807) is 23.9 Å². The van der Waals surface area contributed by atoms with Crippen LogP contribution in [0.25, 0.3) is 0 Å². The van der Waals surface area contributed by atoms with Crippen molar-refractivity contribution in [3.05, 3.63) is 23.5 Å². The maximum atomic E-state index is 13.5. The number of hydrogen-bond donors (Lipinski definition) is 1. The predicted molar refractivity (Wildman–Crippen MR) is 64.9 cm³/mol. The van der Waals surface area contributed by atoms with Crippen LogP contribution >= 0.6 is 11.8 Å². The van der Waals surface area contributed by atoms with Gasteiger partial charge in [0.25, 0.3) is 0 Å². The highest BCUT2D eigenvalue weighted by Crippen LogP contribution is 2.46. The third kappa shape index (κ3) is 1.49. The molecule has 2 aliphatic rings. The van der Waals surface area contributed by atoms with Crippen LogP contribution in [0.2, 0.25) is 0 Å². The molecule has 1 fully saturated rings. The second-order valence-electron chi connectivity index (χ2n) is 4.35. The van der Waals surface area contributed by atoms with E-state index in [2.05, 4.69) is 11.2 Å². The van der Waals surface area contributed by atoms with Crippen LogP contribution in [-0.4, -0.2) is 5.37 Å². The van der Waals surface area contributed by atoms with Gasteiger partial charge in [0.1, 0.15) is 5.82 Å². The maximum absolute atomic E-state index is 13.5. The molecule has 82 valence electrons. The van der Waals surface area contributed by atoms with Gasteiger partial charge < -0.3 is 5.32 Å². The highest BCUT2D eigenvalue weighted by atomic mass is 32.2. The number of nitrogens with one attached hydrogen (secondary N) is 1. The van der Waals surface area contributed by atoms with E-state index < -0.39 is 0 Å². The number of rotatable bonds is 1. The van der Waals surface area contributed by atoms with Gasteiger partial charge in [-0.1, -0.05) is 24.1 Å². The van der Waals surface area contributed by atoms with Crippen LogP contribution in [-0.2, 0) is 0 Å². The summed E-state index contributed by atoms with van der Waals surface area (Å²) < 4.78 is 13.5. The smallest absolute Gasteiger partial charge is 0.140 e. The normalized spacial score (nSPS) is 23.1. The van der Waals surface area contributed by atoms with Crippen molar-refractivity contribution in [2.45, 2.75) is 29.5 Å². The quantitative estimate of drug-likeness (QED) is 0.746. The third-order valence-electron chi connectivity index (χ3n) is 3.35. The van der Waals surface area contributed by atoms with Gasteiger partial charge in [0.05, 0.1) is 16.6 Å². The van der Waals surface area contributed by atoms with Crippen molar-refractivity contribution in [1.82, 2.24) is 0 Å². The number of hydrogen-bond acceptors (Lipinski definition) is 2. The summed E-state index contributed by atoms with van der Waals surface area (Å²) in [6.07, 6.45) is 9.14. The zero-order chi connectivity index (χ0) is 11.1. The fraction of sp³-hybridized carbons (Fsp3) is 0.385. The first-order valence-electron chi connectivity index (χ1n) is 5.51. The average molecular weight is 233 g/mol. The molecule has 1 aliphatic carbocycles. The Morgan fingerprint density at radius 1 is 1.44 bits per heavy atom. The van der Waals surface area contributed by atoms with Gasteiger partial charge >= 0.3 is 0 Å². The molecule has 3 rings (SSSR count). The summed E-state index contributed by atoms with van der Waals surface area (Å²) in [5.41, 5.74) is 1.34. The monoisotopic (exact) mass is 233 g/mol. The molecule has 0 spiro atoms. The lowest BCUT2D eigenvalue weighted by Gasteiger charge is -2.30. The molecule has 1 aromatic carbocycles. The summed E-state index contributed by atoms with van der Waals surface area (Å²) in [6, 6.07) is 3.30. The van der Waals surface area contributed by atoms with Gasteiger partial charge in [0.15, 0.2) is 0 Å². The lowest BCUT2D eigenvalue weighted by molar-refractivity contribution is 0.320. The van der Waals surface area contributed by atoms with Gasteiger partial charge in [-0.25, -0.2) is 4.39 Å². The Bertz CT molecular complexity index is 474. The van der Waals surface area contributed by atoms with E-state index in [4.69, 9.17) is 6.42 Å². The Morgan fingerprint density at radius 3 is 2.88 bits per heavy atom.